The van der Waals surface area contributed by atoms with Gasteiger partial charge in [0.1, 0.15) is 17.1 Å². The Morgan fingerprint density at radius 1 is 1.09 bits per heavy atom. The first-order chi connectivity index (χ1) is 15.9. The zero-order valence-corrected chi connectivity index (χ0v) is 20.5. The molecule has 0 saturated carbocycles. The number of carbonyl (C=O) groups is 1. The molecule has 0 aliphatic rings. The van der Waals surface area contributed by atoms with Gasteiger partial charge in [0.25, 0.3) is 0 Å². The van der Waals surface area contributed by atoms with Gasteiger partial charge in [0, 0.05) is 25.5 Å². The fourth-order valence-electron chi connectivity index (χ4n) is 3.97. The second-order valence-corrected chi connectivity index (χ2v) is 8.37. The minimum Gasteiger partial charge on any atom is -0.493 e. The molecule has 0 radical (unpaired) electrons. The number of hydrogen-bond acceptors (Lipinski definition) is 8. The van der Waals surface area contributed by atoms with Gasteiger partial charge in [-0.2, -0.15) is 0 Å². The van der Waals surface area contributed by atoms with Crippen molar-refractivity contribution in [2.45, 2.75) is 59.3 Å². The van der Waals surface area contributed by atoms with Gasteiger partial charge in [0.15, 0.2) is 17.3 Å². The van der Waals surface area contributed by atoms with Crippen LogP contribution in [0.1, 0.15) is 58.2 Å². The van der Waals surface area contributed by atoms with Crippen LogP contribution in [0, 0.1) is 12.8 Å². The third-order valence-corrected chi connectivity index (χ3v) is 5.97. The molecule has 1 atom stereocenters. The van der Waals surface area contributed by atoms with E-state index in [-0.39, 0.29) is 0 Å². The van der Waals surface area contributed by atoms with Crippen LogP contribution in [0.5, 0.6) is 17.2 Å². The average molecular weight is 458 g/mol. The Hall–Kier alpha value is -3.10. The number of aromatic nitrogens is 4. The molecule has 1 aromatic carbocycles. The summed E-state index contributed by atoms with van der Waals surface area (Å²) < 4.78 is 18.6. The molecular formula is C24H35N5O4. The summed E-state index contributed by atoms with van der Waals surface area (Å²) in [6.07, 6.45) is 5.23. The number of aryl methyl sites for hydroxylation is 1. The Balaban J connectivity index is 1.77. The minimum absolute atomic E-state index is 0.368. The molecule has 2 aromatic heterocycles. The lowest BCUT2D eigenvalue weighted by atomic mass is 9.99. The smallest absolute Gasteiger partial charge is 0.205 e. The van der Waals surface area contributed by atoms with E-state index < -0.39 is 0 Å². The molecule has 33 heavy (non-hydrogen) atoms. The standard InChI is InChI=1S/C24H35N5O4/c1-7-15(2)13-17(30)11-9-8-10-12-25-23-24-28-27-16(3)29(24)20-18(26-23)14-19(31-4)21(32-5)22(20)33-6/h14-15H,7-13H2,1-6H3,(H,25,26). The average Bonchev–Trinajstić information content (AvgIpc) is 3.21. The third kappa shape index (κ3) is 5.29. The maximum absolute atomic E-state index is 12.0. The number of carbonyl (C=O) groups excluding carboxylic acids is 1. The van der Waals surface area contributed by atoms with Crippen LogP contribution < -0.4 is 19.5 Å². The van der Waals surface area contributed by atoms with Crippen LogP contribution in [0.15, 0.2) is 6.07 Å². The molecule has 9 nitrogen and oxygen atoms in total. The summed E-state index contributed by atoms with van der Waals surface area (Å²) in [5.41, 5.74) is 2.02. The highest BCUT2D eigenvalue weighted by atomic mass is 16.5. The number of methoxy groups -OCH3 is 3. The molecule has 0 amide bonds. The molecule has 0 saturated heterocycles. The lowest BCUT2D eigenvalue weighted by Gasteiger charge is -2.17. The number of hydrogen-bond donors (Lipinski definition) is 1. The van der Waals surface area contributed by atoms with Crippen LogP contribution >= 0.6 is 0 Å². The van der Waals surface area contributed by atoms with Crippen LogP contribution in [0.4, 0.5) is 5.82 Å². The number of nitrogens with zero attached hydrogens (tertiary/aromatic N) is 4. The Morgan fingerprint density at radius 2 is 1.85 bits per heavy atom. The number of benzene rings is 1. The van der Waals surface area contributed by atoms with Crippen LogP contribution in [0.2, 0.25) is 0 Å². The molecule has 0 bridgehead atoms. The molecule has 180 valence electrons. The molecule has 1 N–H and O–H groups in total. The lowest BCUT2D eigenvalue weighted by Crippen LogP contribution is -2.08. The summed E-state index contributed by atoms with van der Waals surface area (Å²) in [4.78, 5) is 16.8. The number of rotatable bonds is 13. The van der Waals surface area contributed by atoms with Crippen molar-refractivity contribution in [1.29, 1.82) is 0 Å². The Labute approximate surface area is 194 Å². The normalized spacial score (nSPS) is 12.2. The fourth-order valence-corrected chi connectivity index (χ4v) is 3.97. The topological polar surface area (TPSA) is 99.9 Å². The van der Waals surface area contributed by atoms with E-state index in [1.165, 1.54) is 0 Å². The van der Waals surface area contributed by atoms with Crippen LogP contribution in [0.25, 0.3) is 16.7 Å². The summed E-state index contributed by atoms with van der Waals surface area (Å²) in [5.74, 6) is 3.74. The van der Waals surface area contributed by atoms with E-state index in [9.17, 15) is 4.79 Å². The number of nitrogens with one attached hydrogen (secondary N) is 1. The Kier molecular flexibility index (Phi) is 8.30. The number of ether oxygens (including phenoxy) is 3. The molecule has 3 rings (SSSR count). The predicted octanol–water partition coefficient (Wildman–Crippen LogP) is 4.59. The SMILES string of the molecule is CCC(C)CC(=O)CCCCCNc1nc2cc(OC)c(OC)c(OC)c2n2c(C)nnc12. The van der Waals surface area contributed by atoms with E-state index in [0.29, 0.717) is 64.6 Å². The largest absolute Gasteiger partial charge is 0.493 e. The minimum atomic E-state index is 0.368. The second-order valence-electron chi connectivity index (χ2n) is 8.37. The first-order valence-corrected chi connectivity index (χ1v) is 11.5. The van der Waals surface area contributed by atoms with E-state index in [4.69, 9.17) is 19.2 Å². The second kappa shape index (κ2) is 11.2. The van der Waals surface area contributed by atoms with Crippen LogP contribution in [0.3, 0.4) is 0 Å². The van der Waals surface area contributed by atoms with Gasteiger partial charge in [0.05, 0.1) is 26.8 Å². The van der Waals surface area contributed by atoms with Crippen molar-refractivity contribution < 1.29 is 19.0 Å². The number of fused-ring (bicyclic) bond motifs is 3. The van der Waals surface area contributed by atoms with Crippen LogP contribution in [-0.2, 0) is 4.79 Å². The van der Waals surface area contributed by atoms with Crippen LogP contribution in [-0.4, -0.2) is 53.2 Å². The van der Waals surface area contributed by atoms with Crippen molar-refractivity contribution in [3.8, 4) is 17.2 Å². The highest BCUT2D eigenvalue weighted by Crippen LogP contribution is 2.43. The van der Waals surface area contributed by atoms with Gasteiger partial charge in [-0.3, -0.25) is 9.20 Å². The quantitative estimate of drug-likeness (QED) is 0.372. The number of ketones is 1. The molecule has 1 unspecified atom stereocenters. The van der Waals surface area contributed by atoms with Gasteiger partial charge in [-0.25, -0.2) is 4.98 Å². The highest BCUT2D eigenvalue weighted by molar-refractivity contribution is 5.92. The van der Waals surface area contributed by atoms with E-state index >= 15 is 0 Å². The summed E-state index contributed by atoms with van der Waals surface area (Å²) in [5, 5.41) is 12.0. The zero-order valence-electron chi connectivity index (χ0n) is 20.5. The van der Waals surface area contributed by atoms with E-state index in [1.54, 1.807) is 21.3 Å². The molecule has 0 aliphatic heterocycles. The Bertz CT molecular complexity index is 1110. The lowest BCUT2D eigenvalue weighted by molar-refractivity contribution is -0.120. The summed E-state index contributed by atoms with van der Waals surface area (Å²) in [6, 6.07) is 1.82. The number of unbranched alkanes of at least 4 members (excludes halogenated alkanes) is 2. The van der Waals surface area contributed by atoms with Gasteiger partial charge in [0.2, 0.25) is 11.4 Å². The van der Waals surface area contributed by atoms with E-state index in [0.717, 1.165) is 37.7 Å². The number of Topliss-reactive ketones (excluding diaryl/α,β-unsaturated/α-hetero) is 1. The third-order valence-electron chi connectivity index (χ3n) is 5.97. The van der Waals surface area contributed by atoms with Crippen molar-refractivity contribution in [3.63, 3.8) is 0 Å². The van der Waals surface area contributed by atoms with Crippen molar-refractivity contribution >= 4 is 28.3 Å². The predicted molar refractivity (Wildman–Crippen MR) is 129 cm³/mol. The maximum atomic E-state index is 12.0. The van der Waals surface area contributed by atoms with Gasteiger partial charge in [-0.05, 0) is 25.7 Å². The molecule has 0 fully saturated rings. The molecule has 2 heterocycles. The monoisotopic (exact) mass is 457 g/mol. The zero-order chi connectivity index (χ0) is 24.0. The molecular weight excluding hydrogens is 422 g/mol. The van der Waals surface area contributed by atoms with Gasteiger partial charge < -0.3 is 19.5 Å². The van der Waals surface area contributed by atoms with Crippen molar-refractivity contribution in [1.82, 2.24) is 19.6 Å². The van der Waals surface area contributed by atoms with E-state index in [2.05, 4.69) is 29.4 Å². The van der Waals surface area contributed by atoms with Gasteiger partial charge in [-0.1, -0.05) is 26.7 Å². The van der Waals surface area contributed by atoms with Crippen molar-refractivity contribution in [2.75, 3.05) is 33.2 Å². The first kappa shape index (κ1) is 24.5. The van der Waals surface area contributed by atoms with Crippen molar-refractivity contribution in [3.05, 3.63) is 11.9 Å². The van der Waals surface area contributed by atoms with Gasteiger partial charge >= 0.3 is 0 Å². The van der Waals surface area contributed by atoms with Gasteiger partial charge in [-0.15, -0.1) is 10.2 Å². The summed E-state index contributed by atoms with van der Waals surface area (Å²) in [7, 11) is 4.74. The highest BCUT2D eigenvalue weighted by Gasteiger charge is 2.22. The van der Waals surface area contributed by atoms with Crippen molar-refractivity contribution in [2.24, 2.45) is 5.92 Å². The van der Waals surface area contributed by atoms with E-state index in [1.807, 2.05) is 17.4 Å². The molecule has 9 heteroatoms. The molecule has 0 spiro atoms. The summed E-state index contributed by atoms with van der Waals surface area (Å²) >= 11 is 0. The number of anilines is 1. The first-order valence-electron chi connectivity index (χ1n) is 11.5. The maximum Gasteiger partial charge on any atom is 0.205 e. The molecule has 0 aliphatic carbocycles. The fraction of sp³-hybridized carbons (Fsp3) is 0.583. The Morgan fingerprint density at radius 3 is 2.52 bits per heavy atom. The summed E-state index contributed by atoms with van der Waals surface area (Å²) in [6.45, 7) is 6.87. The molecule has 3 aromatic rings.